The third-order valence-electron chi connectivity index (χ3n) is 2.96. The van der Waals surface area contributed by atoms with Crippen molar-refractivity contribution in [3.05, 3.63) is 11.8 Å². The lowest BCUT2D eigenvalue weighted by Gasteiger charge is -2.34. The van der Waals surface area contributed by atoms with Crippen molar-refractivity contribution in [2.24, 2.45) is 0 Å². The SMILES string of the molecule is COC1CC(n2nc(C(C)(F)F)cc2N)C1. The van der Waals surface area contributed by atoms with Gasteiger partial charge in [-0.1, -0.05) is 0 Å². The summed E-state index contributed by atoms with van der Waals surface area (Å²) in [6.07, 6.45) is 1.74. The number of nitrogens with zero attached hydrogens (tertiary/aromatic N) is 2. The predicted octanol–water partition coefficient (Wildman–Crippen LogP) is 1.93. The van der Waals surface area contributed by atoms with Gasteiger partial charge in [-0.3, -0.25) is 0 Å². The molecule has 1 saturated carbocycles. The number of hydrogen-bond acceptors (Lipinski definition) is 3. The highest BCUT2D eigenvalue weighted by Crippen LogP contribution is 2.37. The molecule has 1 fully saturated rings. The zero-order chi connectivity index (χ0) is 11.9. The van der Waals surface area contributed by atoms with Crippen LogP contribution in [0.4, 0.5) is 14.6 Å². The first-order valence-electron chi connectivity index (χ1n) is 5.18. The van der Waals surface area contributed by atoms with Crippen molar-refractivity contribution >= 4 is 5.82 Å². The Labute approximate surface area is 92.4 Å². The van der Waals surface area contributed by atoms with E-state index < -0.39 is 5.92 Å². The summed E-state index contributed by atoms with van der Waals surface area (Å²) in [6.45, 7) is 0.817. The Morgan fingerprint density at radius 2 is 2.19 bits per heavy atom. The first kappa shape index (κ1) is 11.3. The molecule has 1 heterocycles. The second kappa shape index (κ2) is 3.69. The van der Waals surface area contributed by atoms with Gasteiger partial charge in [0, 0.05) is 20.1 Å². The van der Waals surface area contributed by atoms with Crippen LogP contribution >= 0.6 is 0 Å². The van der Waals surface area contributed by atoms with Gasteiger partial charge in [-0.2, -0.15) is 13.9 Å². The predicted molar refractivity (Wildman–Crippen MR) is 55.3 cm³/mol. The maximum absolute atomic E-state index is 13.0. The Kier molecular flexibility index (Phi) is 2.61. The van der Waals surface area contributed by atoms with Gasteiger partial charge < -0.3 is 10.5 Å². The van der Waals surface area contributed by atoms with Crippen molar-refractivity contribution in [3.8, 4) is 0 Å². The van der Waals surface area contributed by atoms with Crippen LogP contribution in [-0.2, 0) is 10.7 Å². The van der Waals surface area contributed by atoms with E-state index in [1.165, 1.54) is 10.7 Å². The van der Waals surface area contributed by atoms with Gasteiger partial charge in [0.2, 0.25) is 0 Å². The molecule has 2 N–H and O–H groups in total. The molecule has 0 radical (unpaired) electrons. The van der Waals surface area contributed by atoms with Crippen molar-refractivity contribution in [1.82, 2.24) is 9.78 Å². The fourth-order valence-corrected chi connectivity index (χ4v) is 1.85. The van der Waals surface area contributed by atoms with E-state index in [1.807, 2.05) is 0 Å². The van der Waals surface area contributed by atoms with Crippen LogP contribution in [0.15, 0.2) is 6.07 Å². The average Bonchev–Trinajstić information content (AvgIpc) is 2.46. The van der Waals surface area contributed by atoms with Crippen molar-refractivity contribution in [2.45, 2.75) is 37.8 Å². The molecule has 1 aromatic rings. The van der Waals surface area contributed by atoms with Crippen LogP contribution in [0.2, 0.25) is 0 Å². The third-order valence-corrected chi connectivity index (χ3v) is 2.96. The molecule has 4 nitrogen and oxygen atoms in total. The fourth-order valence-electron chi connectivity index (χ4n) is 1.85. The van der Waals surface area contributed by atoms with Gasteiger partial charge in [-0.15, -0.1) is 0 Å². The number of hydrogen-bond donors (Lipinski definition) is 1. The van der Waals surface area contributed by atoms with Crippen molar-refractivity contribution in [3.63, 3.8) is 0 Å². The molecule has 0 spiro atoms. The molecule has 16 heavy (non-hydrogen) atoms. The fraction of sp³-hybridized carbons (Fsp3) is 0.700. The summed E-state index contributed by atoms with van der Waals surface area (Å²) < 4.78 is 32.6. The van der Waals surface area contributed by atoms with Crippen LogP contribution in [0, 0.1) is 0 Å². The van der Waals surface area contributed by atoms with Crippen LogP contribution in [0.3, 0.4) is 0 Å². The van der Waals surface area contributed by atoms with E-state index in [2.05, 4.69) is 5.10 Å². The normalized spacial score (nSPS) is 25.5. The minimum absolute atomic E-state index is 0.0843. The first-order chi connectivity index (χ1) is 7.41. The molecule has 1 aliphatic carbocycles. The number of nitrogens with two attached hydrogens (primary N) is 1. The van der Waals surface area contributed by atoms with E-state index in [0.717, 1.165) is 19.8 Å². The molecule has 1 aliphatic rings. The number of rotatable bonds is 3. The summed E-state index contributed by atoms with van der Waals surface area (Å²) in [5.41, 5.74) is 5.39. The quantitative estimate of drug-likeness (QED) is 0.864. The monoisotopic (exact) mass is 231 g/mol. The number of methoxy groups -OCH3 is 1. The standard InChI is InChI=1S/C10H15F2N3O/c1-10(11,12)8-5-9(13)15(14-8)6-3-7(4-6)16-2/h5-7H,3-4,13H2,1-2H3. The summed E-state index contributed by atoms with van der Waals surface area (Å²) in [5, 5.41) is 3.86. The molecule has 0 atom stereocenters. The van der Waals surface area contributed by atoms with Gasteiger partial charge in [0.15, 0.2) is 0 Å². The molecule has 90 valence electrons. The molecule has 0 aromatic carbocycles. The second-order valence-electron chi connectivity index (χ2n) is 4.27. The Bertz CT molecular complexity index is 380. The minimum atomic E-state index is -2.94. The average molecular weight is 231 g/mol. The van der Waals surface area contributed by atoms with Gasteiger partial charge in [-0.25, -0.2) is 4.68 Å². The summed E-state index contributed by atoms with van der Waals surface area (Å²) in [7, 11) is 1.64. The molecule has 0 bridgehead atoms. The zero-order valence-electron chi connectivity index (χ0n) is 9.28. The maximum Gasteiger partial charge on any atom is 0.288 e. The van der Waals surface area contributed by atoms with E-state index >= 15 is 0 Å². The van der Waals surface area contributed by atoms with Crippen molar-refractivity contribution < 1.29 is 13.5 Å². The number of alkyl halides is 2. The lowest BCUT2D eigenvalue weighted by atomic mass is 9.89. The van der Waals surface area contributed by atoms with Crippen LogP contribution < -0.4 is 5.73 Å². The number of ether oxygens (including phenoxy) is 1. The Morgan fingerprint density at radius 1 is 1.56 bits per heavy atom. The van der Waals surface area contributed by atoms with E-state index in [9.17, 15) is 8.78 Å². The van der Waals surface area contributed by atoms with Crippen LogP contribution in [0.25, 0.3) is 0 Å². The number of halogens is 2. The van der Waals surface area contributed by atoms with Crippen molar-refractivity contribution in [2.75, 3.05) is 12.8 Å². The largest absolute Gasteiger partial charge is 0.384 e. The van der Waals surface area contributed by atoms with Crippen LogP contribution in [-0.4, -0.2) is 23.0 Å². The van der Waals surface area contributed by atoms with E-state index in [1.54, 1.807) is 7.11 Å². The molecule has 0 aliphatic heterocycles. The topological polar surface area (TPSA) is 53.1 Å². The molecule has 1 aromatic heterocycles. The highest BCUT2D eigenvalue weighted by atomic mass is 19.3. The zero-order valence-corrected chi connectivity index (χ0v) is 9.28. The molecular weight excluding hydrogens is 216 g/mol. The number of anilines is 1. The lowest BCUT2D eigenvalue weighted by Crippen LogP contribution is -2.33. The summed E-state index contributed by atoms with van der Waals surface area (Å²) in [6, 6.07) is 1.32. The highest BCUT2D eigenvalue weighted by Gasteiger charge is 2.35. The number of aromatic nitrogens is 2. The van der Waals surface area contributed by atoms with E-state index in [0.29, 0.717) is 0 Å². The van der Waals surface area contributed by atoms with Gasteiger partial charge >= 0.3 is 0 Å². The molecular formula is C10H15F2N3O. The third kappa shape index (κ3) is 1.89. The van der Waals surface area contributed by atoms with Gasteiger partial charge in [0.05, 0.1) is 12.1 Å². The first-order valence-corrected chi connectivity index (χ1v) is 5.18. The van der Waals surface area contributed by atoms with Gasteiger partial charge in [0.1, 0.15) is 11.5 Å². The molecule has 2 rings (SSSR count). The summed E-state index contributed by atoms with van der Waals surface area (Å²) in [4.78, 5) is 0. The highest BCUT2D eigenvalue weighted by molar-refractivity contribution is 5.33. The van der Waals surface area contributed by atoms with Gasteiger partial charge in [0.25, 0.3) is 5.92 Å². The Hall–Kier alpha value is -1.17. The smallest absolute Gasteiger partial charge is 0.288 e. The van der Waals surface area contributed by atoms with E-state index in [-0.39, 0.29) is 23.7 Å². The Morgan fingerprint density at radius 3 is 2.62 bits per heavy atom. The minimum Gasteiger partial charge on any atom is -0.384 e. The Balaban J connectivity index is 2.14. The number of nitrogen functional groups attached to an aromatic ring is 1. The summed E-state index contributed by atoms with van der Waals surface area (Å²) >= 11 is 0. The van der Waals surface area contributed by atoms with Gasteiger partial charge in [-0.05, 0) is 12.8 Å². The second-order valence-corrected chi connectivity index (χ2v) is 4.27. The van der Waals surface area contributed by atoms with Crippen molar-refractivity contribution in [1.29, 1.82) is 0 Å². The van der Waals surface area contributed by atoms with E-state index in [4.69, 9.17) is 10.5 Å². The summed E-state index contributed by atoms with van der Waals surface area (Å²) in [5.74, 6) is -2.65. The maximum atomic E-state index is 13.0. The lowest BCUT2D eigenvalue weighted by molar-refractivity contribution is -0.00214. The molecule has 0 unspecified atom stereocenters. The molecule has 0 amide bonds. The van der Waals surface area contributed by atoms with Crippen LogP contribution in [0.1, 0.15) is 31.5 Å². The molecule has 6 heteroatoms. The molecule has 0 saturated heterocycles. The van der Waals surface area contributed by atoms with Crippen LogP contribution in [0.5, 0.6) is 0 Å².